The first kappa shape index (κ1) is 14.9. The van der Waals surface area contributed by atoms with Crippen molar-refractivity contribution in [3.8, 4) is 0 Å². The van der Waals surface area contributed by atoms with Crippen LogP contribution in [0.2, 0.25) is 0 Å². The zero-order valence-corrected chi connectivity index (χ0v) is 13.1. The summed E-state index contributed by atoms with van der Waals surface area (Å²) in [5.74, 6) is 3.53. The Labute approximate surface area is 131 Å². The highest BCUT2D eigenvalue weighted by Gasteiger charge is 2.16. The van der Waals surface area contributed by atoms with E-state index in [-0.39, 0.29) is 11.4 Å². The molecule has 0 saturated heterocycles. The number of carbonyl (C=O) groups excluding carboxylic acids is 1. The fourth-order valence-corrected chi connectivity index (χ4v) is 2.21. The monoisotopic (exact) mass is 402 g/mol. The molecule has 2 aromatic rings. The molecule has 1 aromatic carbocycles. The summed E-state index contributed by atoms with van der Waals surface area (Å²) in [6, 6.07) is 6.54. The summed E-state index contributed by atoms with van der Waals surface area (Å²) < 4.78 is 15.4. The summed E-state index contributed by atoms with van der Waals surface area (Å²) in [4.78, 5) is 15.8. The van der Waals surface area contributed by atoms with Crippen molar-refractivity contribution in [3.05, 3.63) is 50.8 Å². The number of pyridine rings is 1. The van der Waals surface area contributed by atoms with Crippen LogP contribution in [-0.2, 0) is 0 Å². The first-order chi connectivity index (χ1) is 9.52. The van der Waals surface area contributed by atoms with E-state index in [1.54, 1.807) is 12.1 Å². The van der Waals surface area contributed by atoms with Gasteiger partial charge in [0.2, 0.25) is 0 Å². The molecule has 1 heterocycles. The van der Waals surface area contributed by atoms with Crippen LogP contribution in [0, 0.1) is 5.82 Å². The third-order valence-corrected chi connectivity index (χ3v) is 3.63. The average Bonchev–Trinajstić information content (AvgIpc) is 2.43. The van der Waals surface area contributed by atoms with Crippen molar-refractivity contribution in [3.63, 3.8) is 0 Å². The van der Waals surface area contributed by atoms with Gasteiger partial charge in [0.15, 0.2) is 11.6 Å². The summed E-state index contributed by atoms with van der Waals surface area (Å²) in [7, 11) is 0. The maximum Gasteiger partial charge on any atom is 0.258 e. The highest BCUT2D eigenvalue weighted by Crippen LogP contribution is 2.27. The van der Waals surface area contributed by atoms with E-state index in [1.165, 1.54) is 12.3 Å². The highest BCUT2D eigenvalue weighted by atomic mass is 79.9. The normalized spacial score (nSPS) is 10.2. The average molecular weight is 404 g/mol. The van der Waals surface area contributed by atoms with E-state index in [9.17, 15) is 9.18 Å². The van der Waals surface area contributed by atoms with Gasteiger partial charge in [0, 0.05) is 15.1 Å². The molecule has 0 unspecified atom stereocenters. The van der Waals surface area contributed by atoms with Crippen LogP contribution in [0.15, 0.2) is 39.4 Å². The Morgan fingerprint density at radius 2 is 2.05 bits per heavy atom. The molecule has 5 nitrogen and oxygen atoms in total. The quantitative estimate of drug-likeness (QED) is 0.542. The molecule has 8 heteroatoms. The molecular weight excluding hydrogens is 395 g/mol. The molecule has 0 aliphatic rings. The number of benzene rings is 1. The number of hydrogen-bond donors (Lipinski definition) is 3. The molecule has 2 rings (SSSR count). The lowest BCUT2D eigenvalue weighted by Gasteiger charge is -2.09. The van der Waals surface area contributed by atoms with Gasteiger partial charge in [-0.1, -0.05) is 15.9 Å². The van der Waals surface area contributed by atoms with E-state index in [0.29, 0.717) is 10.2 Å². The highest BCUT2D eigenvalue weighted by molar-refractivity contribution is 9.11. The van der Waals surface area contributed by atoms with Gasteiger partial charge >= 0.3 is 0 Å². The Morgan fingerprint density at radius 1 is 1.30 bits per heavy atom. The first-order valence-electron chi connectivity index (χ1n) is 5.40. The van der Waals surface area contributed by atoms with Crippen molar-refractivity contribution in [1.82, 2.24) is 4.98 Å². The first-order valence-corrected chi connectivity index (χ1v) is 6.99. The molecule has 1 aromatic heterocycles. The molecule has 1 amide bonds. The van der Waals surface area contributed by atoms with E-state index >= 15 is 0 Å². The van der Waals surface area contributed by atoms with E-state index in [4.69, 9.17) is 5.84 Å². The topological polar surface area (TPSA) is 80.0 Å². The fourth-order valence-electron chi connectivity index (χ4n) is 1.50. The maximum absolute atomic E-state index is 13.9. The number of nitrogens with one attached hydrogen (secondary N) is 2. The van der Waals surface area contributed by atoms with Gasteiger partial charge in [-0.05, 0) is 40.2 Å². The van der Waals surface area contributed by atoms with Gasteiger partial charge in [0.05, 0.1) is 11.3 Å². The van der Waals surface area contributed by atoms with Gasteiger partial charge in [-0.25, -0.2) is 15.2 Å². The molecule has 0 saturated carbocycles. The predicted octanol–water partition coefficient (Wildman–Crippen LogP) is 3.28. The summed E-state index contributed by atoms with van der Waals surface area (Å²) in [5.41, 5.74) is 2.46. The lowest BCUT2D eigenvalue weighted by Crippen LogP contribution is -2.17. The van der Waals surface area contributed by atoms with Gasteiger partial charge in [-0.15, -0.1) is 0 Å². The number of amides is 1. The Morgan fingerprint density at radius 3 is 2.75 bits per heavy atom. The summed E-state index contributed by atoms with van der Waals surface area (Å²) >= 11 is 6.60. The minimum atomic E-state index is -0.807. The number of nitrogens with two attached hydrogens (primary N) is 1. The standard InChI is InChI=1S/C12H9Br2FN4O/c13-6-1-2-8(14)9(5-6)18-12(20)7-3-4-17-11(19-16)10(7)15/h1-5H,16H2,(H,17,19)(H,18,20). The minimum absolute atomic E-state index is 0.153. The zero-order chi connectivity index (χ0) is 14.7. The van der Waals surface area contributed by atoms with E-state index < -0.39 is 11.7 Å². The van der Waals surface area contributed by atoms with E-state index in [2.05, 4.69) is 47.6 Å². The number of nitrogen functional groups attached to an aromatic ring is 1. The molecular formula is C12H9Br2FN4O. The third-order valence-electron chi connectivity index (χ3n) is 2.45. The largest absolute Gasteiger partial charge is 0.321 e. The molecule has 20 heavy (non-hydrogen) atoms. The second kappa shape index (κ2) is 6.29. The van der Waals surface area contributed by atoms with Crippen LogP contribution < -0.4 is 16.6 Å². The Hall–Kier alpha value is -1.51. The second-order valence-electron chi connectivity index (χ2n) is 3.74. The predicted molar refractivity (Wildman–Crippen MR) is 81.8 cm³/mol. The van der Waals surface area contributed by atoms with Gasteiger partial charge in [-0.3, -0.25) is 4.79 Å². The molecule has 4 N–H and O–H groups in total. The minimum Gasteiger partial charge on any atom is -0.321 e. The fraction of sp³-hybridized carbons (Fsp3) is 0. The summed E-state index contributed by atoms with van der Waals surface area (Å²) in [6.45, 7) is 0. The second-order valence-corrected chi connectivity index (χ2v) is 5.51. The number of aromatic nitrogens is 1. The zero-order valence-electron chi connectivity index (χ0n) is 9.95. The number of rotatable bonds is 3. The molecule has 104 valence electrons. The van der Waals surface area contributed by atoms with Crippen LogP contribution >= 0.6 is 31.9 Å². The Bertz CT molecular complexity index is 666. The van der Waals surface area contributed by atoms with Crippen LogP contribution in [0.1, 0.15) is 10.4 Å². The lowest BCUT2D eigenvalue weighted by molar-refractivity contribution is 0.102. The molecule has 0 fully saturated rings. The molecule has 0 spiro atoms. The van der Waals surface area contributed by atoms with Crippen molar-refractivity contribution in [1.29, 1.82) is 0 Å². The maximum atomic E-state index is 13.9. The smallest absolute Gasteiger partial charge is 0.258 e. The number of nitrogens with zero attached hydrogens (tertiary/aromatic N) is 1. The van der Waals surface area contributed by atoms with Crippen LogP contribution in [0.25, 0.3) is 0 Å². The van der Waals surface area contributed by atoms with Crippen molar-refractivity contribution in [2.75, 3.05) is 10.7 Å². The number of hydrazine groups is 1. The summed E-state index contributed by atoms with van der Waals surface area (Å²) in [6.07, 6.45) is 1.29. The van der Waals surface area contributed by atoms with Crippen LogP contribution in [0.3, 0.4) is 0 Å². The number of anilines is 2. The van der Waals surface area contributed by atoms with Crippen LogP contribution in [0.4, 0.5) is 15.9 Å². The van der Waals surface area contributed by atoms with Crippen LogP contribution in [-0.4, -0.2) is 10.9 Å². The SMILES string of the molecule is NNc1nccc(C(=O)Nc2cc(Br)ccc2Br)c1F. The molecule has 0 radical (unpaired) electrons. The van der Waals surface area contributed by atoms with Crippen LogP contribution in [0.5, 0.6) is 0 Å². The molecule has 0 bridgehead atoms. The Kier molecular flexibility index (Phi) is 4.69. The number of halogens is 3. The van der Waals surface area contributed by atoms with Gasteiger partial charge in [0.1, 0.15) is 0 Å². The van der Waals surface area contributed by atoms with Gasteiger partial charge in [0.25, 0.3) is 5.91 Å². The lowest BCUT2D eigenvalue weighted by atomic mass is 10.2. The van der Waals surface area contributed by atoms with Crippen molar-refractivity contribution < 1.29 is 9.18 Å². The molecule has 0 aliphatic heterocycles. The van der Waals surface area contributed by atoms with Gasteiger partial charge < -0.3 is 10.7 Å². The van der Waals surface area contributed by atoms with E-state index in [1.807, 2.05) is 6.07 Å². The third kappa shape index (κ3) is 3.14. The van der Waals surface area contributed by atoms with Gasteiger partial charge in [-0.2, -0.15) is 0 Å². The van der Waals surface area contributed by atoms with Crippen molar-refractivity contribution in [2.24, 2.45) is 5.84 Å². The number of carbonyl (C=O) groups is 1. The Balaban J connectivity index is 2.31. The molecule has 0 atom stereocenters. The van der Waals surface area contributed by atoms with E-state index in [0.717, 1.165) is 4.47 Å². The summed E-state index contributed by atoms with van der Waals surface area (Å²) in [5, 5.41) is 2.61. The van der Waals surface area contributed by atoms with Crippen molar-refractivity contribution >= 4 is 49.3 Å². The molecule has 0 aliphatic carbocycles. The van der Waals surface area contributed by atoms with Crippen molar-refractivity contribution in [2.45, 2.75) is 0 Å². The number of hydrogen-bond acceptors (Lipinski definition) is 4.